The predicted molar refractivity (Wildman–Crippen MR) is 55.4 cm³/mol. The third-order valence-electron chi connectivity index (χ3n) is 2.44. The second-order valence-corrected chi connectivity index (χ2v) is 3.66. The van der Waals surface area contributed by atoms with Crippen LogP contribution >= 0.6 is 0 Å². The van der Waals surface area contributed by atoms with Gasteiger partial charge in [-0.2, -0.15) is 0 Å². The van der Waals surface area contributed by atoms with Crippen LogP contribution in [-0.4, -0.2) is 30.9 Å². The molecule has 1 unspecified atom stereocenters. The summed E-state index contributed by atoms with van der Waals surface area (Å²) in [4.78, 5) is 13.1. The first-order valence-electron chi connectivity index (χ1n) is 5.05. The molecule has 0 fully saturated rings. The van der Waals surface area contributed by atoms with Crippen LogP contribution in [0.3, 0.4) is 0 Å². The molecular weight excluding hydrogens is 164 g/mol. The molecule has 0 aliphatic rings. The fraction of sp³-hybridized carbons (Fsp3) is 0.900. The molecule has 3 heteroatoms. The minimum atomic E-state index is 0.214. The van der Waals surface area contributed by atoms with Gasteiger partial charge in [0.15, 0.2) is 0 Å². The zero-order valence-electron chi connectivity index (χ0n) is 9.05. The number of carbonyl (C=O) groups is 1. The molecule has 0 aromatic rings. The average molecular weight is 186 g/mol. The highest BCUT2D eigenvalue weighted by atomic mass is 16.2. The van der Waals surface area contributed by atoms with E-state index in [2.05, 4.69) is 13.8 Å². The van der Waals surface area contributed by atoms with Gasteiger partial charge in [0, 0.05) is 26.6 Å². The van der Waals surface area contributed by atoms with Gasteiger partial charge in [-0.15, -0.1) is 0 Å². The van der Waals surface area contributed by atoms with E-state index in [1.807, 2.05) is 7.05 Å². The summed E-state index contributed by atoms with van der Waals surface area (Å²) in [5.41, 5.74) is 5.36. The van der Waals surface area contributed by atoms with Crippen LogP contribution in [0.5, 0.6) is 0 Å². The third-order valence-corrected chi connectivity index (χ3v) is 2.44. The van der Waals surface area contributed by atoms with Gasteiger partial charge in [-0.05, 0) is 12.3 Å². The summed E-state index contributed by atoms with van der Waals surface area (Å²) < 4.78 is 0. The highest BCUT2D eigenvalue weighted by Crippen LogP contribution is 2.09. The summed E-state index contributed by atoms with van der Waals surface area (Å²) in [6.45, 7) is 5.54. The van der Waals surface area contributed by atoms with Crippen LogP contribution in [-0.2, 0) is 4.79 Å². The Morgan fingerprint density at radius 2 is 2.15 bits per heavy atom. The van der Waals surface area contributed by atoms with Gasteiger partial charge in [-0.25, -0.2) is 0 Å². The van der Waals surface area contributed by atoms with Crippen LogP contribution in [0.4, 0.5) is 0 Å². The molecule has 13 heavy (non-hydrogen) atoms. The largest absolute Gasteiger partial charge is 0.344 e. The van der Waals surface area contributed by atoms with Gasteiger partial charge in [0.05, 0.1) is 0 Å². The number of hydrogen-bond acceptors (Lipinski definition) is 2. The van der Waals surface area contributed by atoms with E-state index in [-0.39, 0.29) is 5.91 Å². The van der Waals surface area contributed by atoms with Crippen molar-refractivity contribution in [2.45, 2.75) is 33.1 Å². The smallest absolute Gasteiger partial charge is 0.222 e. The van der Waals surface area contributed by atoms with Crippen molar-refractivity contribution in [1.82, 2.24) is 4.90 Å². The van der Waals surface area contributed by atoms with Gasteiger partial charge in [-0.3, -0.25) is 4.79 Å². The fourth-order valence-electron chi connectivity index (χ4n) is 1.08. The molecule has 0 spiro atoms. The molecule has 0 radical (unpaired) electrons. The van der Waals surface area contributed by atoms with Gasteiger partial charge in [0.1, 0.15) is 0 Å². The summed E-state index contributed by atoms with van der Waals surface area (Å²) in [5, 5.41) is 0. The highest BCUT2D eigenvalue weighted by Gasteiger charge is 2.08. The fourth-order valence-corrected chi connectivity index (χ4v) is 1.08. The molecule has 0 aromatic carbocycles. The van der Waals surface area contributed by atoms with Crippen molar-refractivity contribution < 1.29 is 4.79 Å². The molecule has 1 atom stereocenters. The summed E-state index contributed by atoms with van der Waals surface area (Å²) in [6, 6.07) is 0. The van der Waals surface area contributed by atoms with E-state index in [0.29, 0.717) is 25.4 Å². The molecule has 0 heterocycles. The van der Waals surface area contributed by atoms with Crippen LogP contribution in [0.1, 0.15) is 33.1 Å². The van der Waals surface area contributed by atoms with Crippen LogP contribution < -0.4 is 5.73 Å². The minimum Gasteiger partial charge on any atom is -0.344 e. The van der Waals surface area contributed by atoms with E-state index in [1.54, 1.807) is 4.90 Å². The number of nitrogens with two attached hydrogens (primary N) is 1. The molecule has 1 amide bonds. The van der Waals surface area contributed by atoms with E-state index in [9.17, 15) is 4.79 Å². The van der Waals surface area contributed by atoms with Crippen LogP contribution in [0.25, 0.3) is 0 Å². The normalized spacial score (nSPS) is 12.6. The SMILES string of the molecule is CCC(C)CCC(=O)N(C)CCN. The van der Waals surface area contributed by atoms with E-state index in [1.165, 1.54) is 0 Å². The molecule has 0 aliphatic carbocycles. The lowest BCUT2D eigenvalue weighted by molar-refractivity contribution is -0.130. The monoisotopic (exact) mass is 186 g/mol. The van der Waals surface area contributed by atoms with Crippen LogP contribution in [0, 0.1) is 5.92 Å². The second-order valence-electron chi connectivity index (χ2n) is 3.66. The molecule has 0 aliphatic heterocycles. The Morgan fingerprint density at radius 3 is 2.62 bits per heavy atom. The third kappa shape index (κ3) is 5.64. The number of amides is 1. The summed E-state index contributed by atoms with van der Waals surface area (Å²) in [5.74, 6) is 0.862. The molecule has 2 N–H and O–H groups in total. The van der Waals surface area contributed by atoms with Crippen molar-refractivity contribution in [2.24, 2.45) is 11.7 Å². The van der Waals surface area contributed by atoms with E-state index in [0.717, 1.165) is 12.8 Å². The Kier molecular flexibility index (Phi) is 6.59. The Labute approximate surface area is 81.3 Å². The Balaban J connectivity index is 3.61. The first-order chi connectivity index (χ1) is 6.11. The molecular formula is C10H22N2O. The molecule has 78 valence electrons. The maximum absolute atomic E-state index is 11.4. The van der Waals surface area contributed by atoms with Crippen LogP contribution in [0.2, 0.25) is 0 Å². The molecule has 0 saturated carbocycles. The summed E-state index contributed by atoms with van der Waals surface area (Å²) in [6.07, 6.45) is 2.80. The van der Waals surface area contributed by atoms with Gasteiger partial charge in [0.25, 0.3) is 0 Å². The molecule has 0 saturated heterocycles. The summed E-state index contributed by atoms with van der Waals surface area (Å²) in [7, 11) is 1.81. The van der Waals surface area contributed by atoms with Crippen molar-refractivity contribution >= 4 is 5.91 Å². The topological polar surface area (TPSA) is 46.3 Å². The zero-order chi connectivity index (χ0) is 10.3. The summed E-state index contributed by atoms with van der Waals surface area (Å²) >= 11 is 0. The standard InChI is InChI=1S/C10H22N2O/c1-4-9(2)5-6-10(13)12(3)8-7-11/h9H,4-8,11H2,1-3H3. The van der Waals surface area contributed by atoms with Gasteiger partial charge in [0.2, 0.25) is 5.91 Å². The van der Waals surface area contributed by atoms with E-state index in [4.69, 9.17) is 5.73 Å². The number of hydrogen-bond donors (Lipinski definition) is 1. The predicted octanol–water partition coefficient (Wildman–Crippen LogP) is 1.23. The Hall–Kier alpha value is -0.570. The highest BCUT2D eigenvalue weighted by molar-refractivity contribution is 5.75. The lowest BCUT2D eigenvalue weighted by Gasteiger charge is -2.16. The number of nitrogens with zero attached hydrogens (tertiary/aromatic N) is 1. The van der Waals surface area contributed by atoms with Gasteiger partial charge < -0.3 is 10.6 Å². The Bertz CT molecular complexity index is 148. The van der Waals surface area contributed by atoms with Crippen molar-refractivity contribution in [3.63, 3.8) is 0 Å². The van der Waals surface area contributed by atoms with Crippen molar-refractivity contribution in [3.8, 4) is 0 Å². The quantitative estimate of drug-likeness (QED) is 0.678. The lowest BCUT2D eigenvalue weighted by atomic mass is 10.0. The Morgan fingerprint density at radius 1 is 1.54 bits per heavy atom. The molecule has 0 aromatic heterocycles. The lowest BCUT2D eigenvalue weighted by Crippen LogP contribution is -2.31. The van der Waals surface area contributed by atoms with Crippen molar-refractivity contribution in [3.05, 3.63) is 0 Å². The number of rotatable bonds is 6. The number of carbonyl (C=O) groups excluding carboxylic acids is 1. The first kappa shape index (κ1) is 12.4. The maximum atomic E-state index is 11.4. The van der Waals surface area contributed by atoms with Gasteiger partial charge in [-0.1, -0.05) is 20.3 Å². The van der Waals surface area contributed by atoms with Gasteiger partial charge >= 0.3 is 0 Å². The van der Waals surface area contributed by atoms with E-state index >= 15 is 0 Å². The average Bonchev–Trinajstić information content (AvgIpc) is 2.13. The zero-order valence-corrected chi connectivity index (χ0v) is 9.05. The minimum absolute atomic E-state index is 0.214. The molecule has 0 rings (SSSR count). The molecule has 3 nitrogen and oxygen atoms in total. The molecule has 0 bridgehead atoms. The number of likely N-dealkylation sites (N-methyl/N-ethyl adjacent to an activating group) is 1. The van der Waals surface area contributed by atoms with Crippen molar-refractivity contribution in [1.29, 1.82) is 0 Å². The second kappa shape index (κ2) is 6.89. The maximum Gasteiger partial charge on any atom is 0.222 e. The van der Waals surface area contributed by atoms with Crippen molar-refractivity contribution in [2.75, 3.05) is 20.1 Å². The van der Waals surface area contributed by atoms with Crippen LogP contribution in [0.15, 0.2) is 0 Å². The van der Waals surface area contributed by atoms with E-state index < -0.39 is 0 Å². The first-order valence-corrected chi connectivity index (χ1v) is 5.05.